The summed E-state index contributed by atoms with van der Waals surface area (Å²) in [6.07, 6.45) is 9.91. The van der Waals surface area contributed by atoms with E-state index >= 15 is 0 Å². The van der Waals surface area contributed by atoms with Crippen molar-refractivity contribution in [1.29, 1.82) is 0 Å². The molecule has 3 heterocycles. The topological polar surface area (TPSA) is 100 Å². The van der Waals surface area contributed by atoms with E-state index in [9.17, 15) is 0 Å². The van der Waals surface area contributed by atoms with Gasteiger partial charge in [0.1, 0.15) is 5.82 Å². The van der Waals surface area contributed by atoms with Crippen LogP contribution in [0.3, 0.4) is 0 Å². The molecule has 0 amide bonds. The molecule has 1 saturated carbocycles. The third-order valence-electron chi connectivity index (χ3n) is 4.67. The summed E-state index contributed by atoms with van der Waals surface area (Å²) in [4.78, 5) is 4.87. The van der Waals surface area contributed by atoms with Gasteiger partial charge in [-0.05, 0) is 19.3 Å². The first kappa shape index (κ1) is 14.2. The fraction of sp³-hybridized carbons (Fsp3) is 0.438. The van der Waals surface area contributed by atoms with E-state index in [1.54, 1.807) is 15.4 Å². The molecule has 0 saturated heterocycles. The number of rotatable bonds is 2. The molecule has 0 spiro atoms. The average Bonchev–Trinajstić information content (AvgIpc) is 3.13. The van der Waals surface area contributed by atoms with Crippen molar-refractivity contribution in [3.8, 4) is 11.1 Å². The summed E-state index contributed by atoms with van der Waals surface area (Å²) < 4.78 is 3.46. The van der Waals surface area contributed by atoms with Crippen molar-refractivity contribution >= 4 is 11.5 Å². The van der Waals surface area contributed by atoms with Crippen molar-refractivity contribution in [3.05, 3.63) is 30.4 Å². The van der Waals surface area contributed by atoms with Gasteiger partial charge in [0.05, 0.1) is 12.4 Å². The molecule has 0 radical (unpaired) electrons. The number of nitrogens with two attached hydrogens (primary N) is 2. The van der Waals surface area contributed by atoms with Crippen molar-refractivity contribution in [2.24, 2.45) is 12.8 Å². The van der Waals surface area contributed by atoms with E-state index in [0.29, 0.717) is 11.7 Å². The number of fused-ring (bicyclic) bond motifs is 1. The zero-order valence-electron chi connectivity index (χ0n) is 13.2. The zero-order valence-corrected chi connectivity index (χ0v) is 13.2. The fourth-order valence-electron chi connectivity index (χ4n) is 3.48. The molecule has 4 N–H and O–H groups in total. The minimum absolute atomic E-state index is 0.260. The van der Waals surface area contributed by atoms with Crippen LogP contribution in [0.1, 0.15) is 37.3 Å². The van der Waals surface area contributed by atoms with Gasteiger partial charge in [0.2, 0.25) is 0 Å². The minimum atomic E-state index is 0.260. The van der Waals surface area contributed by atoms with Crippen LogP contribution in [0.4, 0.5) is 5.82 Å². The molecule has 0 aliphatic heterocycles. The molecule has 2 atom stereocenters. The van der Waals surface area contributed by atoms with Crippen LogP contribution in [-0.2, 0) is 7.05 Å². The maximum absolute atomic E-state index is 6.20. The molecule has 3 aromatic heterocycles. The molecule has 3 aromatic rings. The van der Waals surface area contributed by atoms with Crippen LogP contribution >= 0.6 is 0 Å². The quantitative estimate of drug-likeness (QED) is 0.750. The van der Waals surface area contributed by atoms with Gasteiger partial charge in [-0.2, -0.15) is 14.7 Å². The third-order valence-corrected chi connectivity index (χ3v) is 4.67. The van der Waals surface area contributed by atoms with Crippen LogP contribution in [-0.4, -0.2) is 30.4 Å². The van der Waals surface area contributed by atoms with Gasteiger partial charge in [-0.1, -0.05) is 6.42 Å². The summed E-state index contributed by atoms with van der Waals surface area (Å²) in [5.74, 6) is 0.988. The number of nitrogens with zero attached hydrogens (tertiary/aromatic N) is 5. The predicted octanol–water partition coefficient (Wildman–Crippen LogP) is 1.70. The average molecular weight is 311 g/mol. The normalized spacial score (nSPS) is 21.8. The second-order valence-electron chi connectivity index (χ2n) is 6.43. The van der Waals surface area contributed by atoms with Crippen molar-refractivity contribution in [1.82, 2.24) is 24.4 Å². The number of hydrogen-bond donors (Lipinski definition) is 2. The van der Waals surface area contributed by atoms with E-state index in [2.05, 4.69) is 10.2 Å². The van der Waals surface area contributed by atoms with Gasteiger partial charge in [-0.15, -0.1) is 0 Å². The van der Waals surface area contributed by atoms with Crippen LogP contribution in [0, 0.1) is 0 Å². The van der Waals surface area contributed by atoms with Gasteiger partial charge in [-0.25, -0.2) is 4.98 Å². The molecule has 120 valence electrons. The monoisotopic (exact) mass is 311 g/mol. The molecule has 1 aliphatic rings. The zero-order chi connectivity index (χ0) is 16.0. The van der Waals surface area contributed by atoms with Crippen molar-refractivity contribution in [2.75, 3.05) is 5.73 Å². The minimum Gasteiger partial charge on any atom is -0.384 e. The second kappa shape index (κ2) is 5.34. The Morgan fingerprint density at radius 2 is 2.09 bits per heavy atom. The molecule has 7 heteroatoms. The molecular weight excluding hydrogens is 290 g/mol. The van der Waals surface area contributed by atoms with E-state index in [1.165, 1.54) is 0 Å². The first-order chi connectivity index (χ1) is 11.1. The van der Waals surface area contributed by atoms with Gasteiger partial charge < -0.3 is 11.5 Å². The standard InChI is InChI=1S/C16H21N7/c1-22-9-11(7-19-22)13-8-20-23-15(18)6-14(21-16(13)23)10-3-2-4-12(17)5-10/h6-10,12H,2-5,17-18H2,1H3/t10-,12+/m0/s1. The molecule has 1 fully saturated rings. The summed E-state index contributed by atoms with van der Waals surface area (Å²) in [5, 5.41) is 8.60. The van der Waals surface area contributed by atoms with Gasteiger partial charge in [0.25, 0.3) is 0 Å². The number of aromatic nitrogens is 5. The molecule has 23 heavy (non-hydrogen) atoms. The number of aryl methyl sites for hydroxylation is 1. The van der Waals surface area contributed by atoms with Crippen molar-refractivity contribution in [3.63, 3.8) is 0 Å². The van der Waals surface area contributed by atoms with E-state index in [-0.39, 0.29) is 6.04 Å². The first-order valence-corrected chi connectivity index (χ1v) is 8.00. The van der Waals surface area contributed by atoms with Crippen molar-refractivity contribution in [2.45, 2.75) is 37.6 Å². The summed E-state index contributed by atoms with van der Waals surface area (Å²) in [5.41, 5.74) is 16.1. The van der Waals surface area contributed by atoms with Gasteiger partial charge in [0, 0.05) is 48.1 Å². The third kappa shape index (κ3) is 2.46. The molecule has 0 unspecified atom stereocenters. The number of anilines is 1. The molecule has 0 bridgehead atoms. The summed E-state index contributed by atoms with van der Waals surface area (Å²) in [6, 6.07) is 2.20. The van der Waals surface area contributed by atoms with E-state index in [1.807, 2.05) is 25.5 Å². The number of nitrogen functional groups attached to an aromatic ring is 1. The van der Waals surface area contributed by atoms with Crippen LogP contribution in [0.2, 0.25) is 0 Å². The SMILES string of the molecule is Cn1cc(-c2cnn3c(N)cc([C@H]4CCC[C@@H](N)C4)nc23)cn1. The Balaban J connectivity index is 1.82. The summed E-state index contributed by atoms with van der Waals surface area (Å²) >= 11 is 0. The fourth-order valence-corrected chi connectivity index (χ4v) is 3.48. The highest BCUT2D eigenvalue weighted by Crippen LogP contribution is 2.33. The van der Waals surface area contributed by atoms with Crippen LogP contribution in [0.5, 0.6) is 0 Å². The Morgan fingerprint density at radius 1 is 1.22 bits per heavy atom. The van der Waals surface area contributed by atoms with E-state index < -0.39 is 0 Å². The lowest BCUT2D eigenvalue weighted by Gasteiger charge is -2.26. The summed E-state index contributed by atoms with van der Waals surface area (Å²) in [7, 11) is 1.89. The van der Waals surface area contributed by atoms with Crippen LogP contribution in [0.25, 0.3) is 16.8 Å². The molecule has 4 rings (SSSR count). The van der Waals surface area contributed by atoms with E-state index in [0.717, 1.165) is 48.2 Å². The van der Waals surface area contributed by atoms with E-state index in [4.69, 9.17) is 16.5 Å². The van der Waals surface area contributed by atoms with Crippen LogP contribution < -0.4 is 11.5 Å². The van der Waals surface area contributed by atoms with Gasteiger partial charge in [-0.3, -0.25) is 4.68 Å². The highest BCUT2D eigenvalue weighted by molar-refractivity contribution is 5.77. The van der Waals surface area contributed by atoms with Gasteiger partial charge in [0.15, 0.2) is 5.65 Å². The summed E-state index contributed by atoms with van der Waals surface area (Å²) in [6.45, 7) is 0. The van der Waals surface area contributed by atoms with Crippen molar-refractivity contribution < 1.29 is 0 Å². The van der Waals surface area contributed by atoms with Crippen LogP contribution in [0.15, 0.2) is 24.7 Å². The lowest BCUT2D eigenvalue weighted by molar-refractivity contribution is 0.388. The first-order valence-electron chi connectivity index (χ1n) is 8.00. The Bertz CT molecular complexity index is 847. The largest absolute Gasteiger partial charge is 0.384 e. The molecule has 1 aliphatic carbocycles. The van der Waals surface area contributed by atoms with Gasteiger partial charge >= 0.3 is 0 Å². The molecule has 7 nitrogen and oxygen atoms in total. The Kier molecular flexibility index (Phi) is 3.30. The highest BCUT2D eigenvalue weighted by Gasteiger charge is 2.23. The molecule has 0 aromatic carbocycles. The maximum atomic E-state index is 6.20. The predicted molar refractivity (Wildman–Crippen MR) is 88.8 cm³/mol. The molecular formula is C16H21N7. The second-order valence-corrected chi connectivity index (χ2v) is 6.43. The maximum Gasteiger partial charge on any atom is 0.165 e. The Labute approximate surface area is 134 Å². The Morgan fingerprint density at radius 3 is 2.83 bits per heavy atom. The Hall–Kier alpha value is -2.41. The lowest BCUT2D eigenvalue weighted by atomic mass is 9.84. The lowest BCUT2D eigenvalue weighted by Crippen LogP contribution is -2.27. The smallest absolute Gasteiger partial charge is 0.165 e. The highest BCUT2D eigenvalue weighted by atomic mass is 15.3. The number of hydrogen-bond acceptors (Lipinski definition) is 5.